The summed E-state index contributed by atoms with van der Waals surface area (Å²) in [5.41, 5.74) is 1.17. The number of likely N-dealkylation sites (tertiary alicyclic amines) is 1. The molecule has 1 aliphatic rings. The van der Waals surface area contributed by atoms with Crippen LogP contribution in [0.3, 0.4) is 0 Å². The average molecular weight is 389 g/mol. The fourth-order valence-electron chi connectivity index (χ4n) is 2.98. The lowest BCUT2D eigenvalue weighted by Gasteiger charge is -2.33. The largest absolute Gasteiger partial charge is 0.465 e. The molecule has 1 N–H and O–H groups in total. The molecule has 2 rings (SSSR count). The van der Waals surface area contributed by atoms with Crippen LogP contribution in [0.5, 0.6) is 0 Å². The number of methoxy groups -OCH3 is 1. The third-order valence-electron chi connectivity index (χ3n) is 4.40. The lowest BCUT2D eigenvalue weighted by Crippen LogP contribution is -2.42. The highest BCUT2D eigenvalue weighted by Gasteiger charge is 2.30. The zero-order valence-corrected chi connectivity index (χ0v) is 15.9. The van der Waals surface area contributed by atoms with Gasteiger partial charge < -0.3 is 19.6 Å². The number of carboxylic acid groups (broad SMARTS) is 1. The highest BCUT2D eigenvalue weighted by molar-refractivity contribution is 7.18. The van der Waals surface area contributed by atoms with Crippen molar-refractivity contribution < 1.29 is 24.2 Å². The van der Waals surface area contributed by atoms with Crippen molar-refractivity contribution in [3.63, 3.8) is 0 Å². The van der Waals surface area contributed by atoms with Crippen molar-refractivity contribution in [3.05, 3.63) is 14.8 Å². The number of amides is 2. The molecule has 0 aliphatic carbocycles. The van der Waals surface area contributed by atoms with Gasteiger partial charge >= 0.3 is 12.1 Å². The van der Waals surface area contributed by atoms with E-state index in [4.69, 9.17) is 21.4 Å². The number of rotatable bonds is 4. The minimum Gasteiger partial charge on any atom is -0.465 e. The number of carbonyl (C=O) groups excluding carboxylic acids is 2. The Balaban J connectivity index is 2.24. The molecule has 0 unspecified atom stereocenters. The fourth-order valence-corrected chi connectivity index (χ4v) is 4.25. The summed E-state index contributed by atoms with van der Waals surface area (Å²) in [5, 5.41) is 9.03. The van der Waals surface area contributed by atoms with Crippen LogP contribution in [0, 0.1) is 12.8 Å². The van der Waals surface area contributed by atoms with Crippen molar-refractivity contribution in [3.8, 4) is 0 Å². The monoisotopic (exact) mass is 388 g/mol. The molecule has 2 amide bonds. The van der Waals surface area contributed by atoms with Gasteiger partial charge in [-0.05, 0) is 25.7 Å². The molecule has 138 valence electrons. The van der Waals surface area contributed by atoms with E-state index in [1.807, 2.05) is 0 Å². The molecule has 0 aromatic carbocycles. The second kappa shape index (κ2) is 8.05. The quantitative estimate of drug-likeness (QED) is 0.800. The Labute approximate surface area is 155 Å². The van der Waals surface area contributed by atoms with E-state index in [9.17, 15) is 14.4 Å². The summed E-state index contributed by atoms with van der Waals surface area (Å²) >= 11 is 7.28. The molecule has 0 saturated carbocycles. The number of halogens is 1. The summed E-state index contributed by atoms with van der Waals surface area (Å²) in [6, 6.07) is 0. The van der Waals surface area contributed by atoms with E-state index in [0.29, 0.717) is 52.9 Å². The van der Waals surface area contributed by atoms with Gasteiger partial charge in [-0.2, -0.15) is 0 Å². The van der Waals surface area contributed by atoms with E-state index >= 15 is 0 Å². The SMILES string of the molecule is COC(=O)c1sc(Cl)c(C)c1N(CC1CCN(C(=O)O)CC1)C(C)=O. The zero-order chi connectivity index (χ0) is 18.7. The molecule has 7 nitrogen and oxygen atoms in total. The Kier molecular flexibility index (Phi) is 6.29. The summed E-state index contributed by atoms with van der Waals surface area (Å²) in [4.78, 5) is 38.6. The Morgan fingerprint density at radius 3 is 2.44 bits per heavy atom. The number of esters is 1. The van der Waals surface area contributed by atoms with Crippen LogP contribution in [0.1, 0.15) is 35.0 Å². The zero-order valence-electron chi connectivity index (χ0n) is 14.4. The molecule has 1 aromatic rings. The van der Waals surface area contributed by atoms with Gasteiger partial charge in [0.2, 0.25) is 5.91 Å². The molecule has 1 fully saturated rings. The lowest BCUT2D eigenvalue weighted by atomic mass is 9.96. The van der Waals surface area contributed by atoms with Crippen molar-refractivity contribution >= 4 is 46.6 Å². The number of thiophene rings is 1. The first-order chi connectivity index (χ1) is 11.8. The Bertz CT molecular complexity index is 682. The van der Waals surface area contributed by atoms with Gasteiger partial charge in [-0.25, -0.2) is 9.59 Å². The first-order valence-corrected chi connectivity index (χ1v) is 9.08. The van der Waals surface area contributed by atoms with Gasteiger partial charge in [0.25, 0.3) is 0 Å². The van der Waals surface area contributed by atoms with E-state index in [0.717, 1.165) is 11.3 Å². The van der Waals surface area contributed by atoms with Crippen LogP contribution in [0.4, 0.5) is 10.5 Å². The predicted molar refractivity (Wildman–Crippen MR) is 95.8 cm³/mol. The maximum absolute atomic E-state index is 12.2. The standard InChI is InChI=1S/C16H21ClN2O5S/c1-9-12(13(15(21)24-3)25-14(9)17)19(10(2)20)8-11-4-6-18(7-5-11)16(22)23/h11H,4-8H2,1-3H3,(H,22,23). The molecule has 1 aliphatic heterocycles. The third-order valence-corrected chi connectivity index (χ3v) is 5.97. The number of hydrogen-bond acceptors (Lipinski definition) is 5. The number of carbonyl (C=O) groups is 3. The van der Waals surface area contributed by atoms with Gasteiger partial charge in [0.15, 0.2) is 0 Å². The van der Waals surface area contributed by atoms with Crippen LogP contribution in [0.25, 0.3) is 0 Å². The minimum atomic E-state index is -0.921. The second-order valence-electron chi connectivity index (χ2n) is 6.01. The van der Waals surface area contributed by atoms with Crippen molar-refractivity contribution in [2.45, 2.75) is 26.7 Å². The minimum absolute atomic E-state index is 0.156. The van der Waals surface area contributed by atoms with Crippen LogP contribution >= 0.6 is 22.9 Å². The summed E-state index contributed by atoms with van der Waals surface area (Å²) in [5.74, 6) is -0.562. The molecule has 0 bridgehead atoms. The number of piperidine rings is 1. The van der Waals surface area contributed by atoms with E-state index in [-0.39, 0.29) is 11.8 Å². The third kappa shape index (κ3) is 4.24. The van der Waals surface area contributed by atoms with Crippen LogP contribution in [-0.4, -0.2) is 54.7 Å². The summed E-state index contributed by atoms with van der Waals surface area (Å²) in [7, 11) is 1.29. The topological polar surface area (TPSA) is 87.2 Å². The molecule has 1 aromatic heterocycles. The van der Waals surface area contributed by atoms with Gasteiger partial charge in [0.1, 0.15) is 4.88 Å². The van der Waals surface area contributed by atoms with Crippen molar-refractivity contribution in [2.75, 3.05) is 31.6 Å². The predicted octanol–water partition coefficient (Wildman–Crippen LogP) is 3.24. The summed E-state index contributed by atoms with van der Waals surface area (Å²) in [6.07, 6.45) is 0.413. The maximum atomic E-state index is 12.2. The van der Waals surface area contributed by atoms with Crippen LogP contribution < -0.4 is 4.90 Å². The number of ether oxygens (including phenoxy) is 1. The molecule has 0 spiro atoms. The number of hydrogen-bond donors (Lipinski definition) is 1. The Morgan fingerprint density at radius 2 is 1.96 bits per heavy atom. The highest BCUT2D eigenvalue weighted by Crippen LogP contribution is 2.40. The van der Waals surface area contributed by atoms with Crippen LogP contribution in [0.2, 0.25) is 4.34 Å². The first kappa shape index (κ1) is 19.5. The summed E-state index contributed by atoms with van der Waals surface area (Å²) < 4.78 is 5.26. The average Bonchev–Trinajstić information content (AvgIpc) is 2.87. The molecular formula is C16H21ClN2O5S. The van der Waals surface area contributed by atoms with Gasteiger partial charge in [-0.1, -0.05) is 11.6 Å². The molecule has 0 radical (unpaired) electrons. The molecule has 2 heterocycles. The first-order valence-electron chi connectivity index (χ1n) is 7.89. The number of anilines is 1. The highest BCUT2D eigenvalue weighted by atomic mass is 35.5. The van der Waals surface area contributed by atoms with Crippen LogP contribution in [0.15, 0.2) is 0 Å². The van der Waals surface area contributed by atoms with E-state index < -0.39 is 12.1 Å². The smallest absolute Gasteiger partial charge is 0.407 e. The van der Waals surface area contributed by atoms with Gasteiger partial charge in [-0.15, -0.1) is 11.3 Å². The van der Waals surface area contributed by atoms with Crippen molar-refractivity contribution in [2.24, 2.45) is 5.92 Å². The second-order valence-corrected chi connectivity index (χ2v) is 7.64. The molecule has 25 heavy (non-hydrogen) atoms. The lowest BCUT2D eigenvalue weighted by molar-refractivity contribution is -0.116. The van der Waals surface area contributed by atoms with Crippen molar-refractivity contribution in [1.29, 1.82) is 0 Å². The van der Waals surface area contributed by atoms with Gasteiger partial charge in [0, 0.05) is 32.1 Å². The molecular weight excluding hydrogens is 368 g/mol. The molecule has 9 heteroatoms. The Hall–Kier alpha value is -1.80. The molecule has 0 atom stereocenters. The summed E-state index contributed by atoms with van der Waals surface area (Å²) in [6.45, 7) is 4.51. The molecule has 1 saturated heterocycles. The van der Waals surface area contributed by atoms with Crippen molar-refractivity contribution in [1.82, 2.24) is 4.90 Å². The number of nitrogens with zero attached hydrogens (tertiary/aromatic N) is 2. The normalized spacial score (nSPS) is 15.1. The van der Waals surface area contributed by atoms with E-state index in [1.165, 1.54) is 18.9 Å². The van der Waals surface area contributed by atoms with Gasteiger partial charge in [0.05, 0.1) is 17.1 Å². The van der Waals surface area contributed by atoms with Gasteiger partial charge in [-0.3, -0.25) is 4.79 Å². The maximum Gasteiger partial charge on any atom is 0.407 e. The fraction of sp³-hybridized carbons (Fsp3) is 0.562. The van der Waals surface area contributed by atoms with Crippen LogP contribution in [-0.2, 0) is 9.53 Å². The van der Waals surface area contributed by atoms with E-state index in [2.05, 4.69) is 0 Å². The Morgan fingerprint density at radius 1 is 1.36 bits per heavy atom. The van der Waals surface area contributed by atoms with E-state index in [1.54, 1.807) is 11.8 Å².